The molecule has 0 spiro atoms. The van der Waals surface area contributed by atoms with Crippen molar-refractivity contribution in [3.05, 3.63) is 26.6 Å². The Hall–Kier alpha value is -2.22. The summed E-state index contributed by atoms with van der Waals surface area (Å²) in [6, 6.07) is 0.201. The molecule has 1 amide bonds. The molecule has 0 radical (unpaired) electrons. The van der Waals surface area contributed by atoms with E-state index in [1.54, 1.807) is 16.2 Å². The van der Waals surface area contributed by atoms with Crippen LogP contribution in [0.25, 0.3) is 10.2 Å². The van der Waals surface area contributed by atoms with Crippen molar-refractivity contribution >= 4 is 33.4 Å². The molecule has 156 valence electrons. The average Bonchev–Trinajstić information content (AvgIpc) is 3.09. The van der Waals surface area contributed by atoms with E-state index in [4.69, 9.17) is 4.74 Å². The first-order valence-electron chi connectivity index (χ1n) is 10.5. The van der Waals surface area contributed by atoms with Crippen LogP contribution >= 0.6 is 11.3 Å². The monoisotopic (exact) mass is 417 g/mol. The number of amides is 1. The Morgan fingerprint density at radius 3 is 2.90 bits per heavy atom. The molecule has 1 N–H and O–H groups in total. The van der Waals surface area contributed by atoms with Gasteiger partial charge in [0.1, 0.15) is 10.7 Å². The van der Waals surface area contributed by atoms with Gasteiger partial charge in [0.25, 0.3) is 11.5 Å². The number of thiophene rings is 1. The zero-order valence-electron chi connectivity index (χ0n) is 16.8. The molecule has 1 aliphatic carbocycles. The second-order valence-electron chi connectivity index (χ2n) is 8.00. The van der Waals surface area contributed by atoms with E-state index in [1.165, 1.54) is 4.88 Å². The van der Waals surface area contributed by atoms with Crippen molar-refractivity contribution in [1.82, 2.24) is 14.9 Å². The summed E-state index contributed by atoms with van der Waals surface area (Å²) in [5, 5.41) is 0.720. The average molecular weight is 418 g/mol. The van der Waals surface area contributed by atoms with Crippen molar-refractivity contribution < 1.29 is 14.3 Å². The van der Waals surface area contributed by atoms with Crippen LogP contribution in [0, 0.1) is 0 Å². The number of carbonyl (C=O) groups is 2. The molecule has 2 aliphatic rings. The topological polar surface area (TPSA) is 92.4 Å². The van der Waals surface area contributed by atoms with E-state index >= 15 is 0 Å². The molecule has 4 rings (SSSR count). The molecular formula is C21H27N3O4S. The van der Waals surface area contributed by atoms with Crippen LogP contribution in [0.2, 0.25) is 0 Å². The molecule has 0 unspecified atom stereocenters. The molecule has 1 atom stereocenters. The van der Waals surface area contributed by atoms with Crippen molar-refractivity contribution in [1.29, 1.82) is 0 Å². The molecule has 2 aromatic heterocycles. The van der Waals surface area contributed by atoms with E-state index in [0.29, 0.717) is 12.2 Å². The van der Waals surface area contributed by atoms with Crippen LogP contribution in [0.4, 0.5) is 0 Å². The van der Waals surface area contributed by atoms with Crippen LogP contribution in [-0.2, 0) is 33.6 Å². The van der Waals surface area contributed by atoms with Gasteiger partial charge in [-0.3, -0.25) is 14.4 Å². The third kappa shape index (κ3) is 4.37. The number of hydrogen-bond donors (Lipinski definition) is 1. The van der Waals surface area contributed by atoms with E-state index in [-0.39, 0.29) is 30.5 Å². The molecule has 1 saturated heterocycles. The maximum absolute atomic E-state index is 12.5. The van der Waals surface area contributed by atoms with E-state index in [1.807, 2.05) is 6.92 Å². The van der Waals surface area contributed by atoms with E-state index in [0.717, 1.165) is 67.3 Å². The summed E-state index contributed by atoms with van der Waals surface area (Å²) >= 11 is 1.59. The van der Waals surface area contributed by atoms with Crippen LogP contribution in [0.3, 0.4) is 0 Å². The number of rotatable bonds is 5. The minimum absolute atomic E-state index is 0.0857. The number of esters is 1. The lowest BCUT2D eigenvalue weighted by Gasteiger charge is -2.33. The summed E-state index contributed by atoms with van der Waals surface area (Å²) in [6.45, 7) is 2.54. The number of nitrogens with zero attached hydrogens (tertiary/aromatic N) is 2. The summed E-state index contributed by atoms with van der Waals surface area (Å²) < 4.78 is 5.16. The fourth-order valence-electron chi connectivity index (χ4n) is 4.31. The van der Waals surface area contributed by atoms with Gasteiger partial charge in [0.2, 0.25) is 0 Å². The Morgan fingerprint density at radius 2 is 2.07 bits per heavy atom. The van der Waals surface area contributed by atoms with Crippen LogP contribution in [-0.4, -0.2) is 45.9 Å². The predicted molar refractivity (Wildman–Crippen MR) is 111 cm³/mol. The highest BCUT2D eigenvalue weighted by Gasteiger charge is 2.24. The fraction of sp³-hybridized carbons (Fsp3) is 0.619. The molecule has 3 heterocycles. The Bertz CT molecular complexity index is 980. The van der Waals surface area contributed by atoms with Crippen molar-refractivity contribution in [2.75, 3.05) is 13.2 Å². The number of aromatic amines is 1. The first-order valence-corrected chi connectivity index (χ1v) is 11.3. The predicted octanol–water partition coefficient (Wildman–Crippen LogP) is 2.74. The quantitative estimate of drug-likeness (QED) is 0.755. The molecule has 1 aliphatic heterocycles. The van der Waals surface area contributed by atoms with Gasteiger partial charge in [-0.1, -0.05) is 0 Å². The molecule has 7 nitrogen and oxygen atoms in total. The van der Waals surface area contributed by atoms with Crippen molar-refractivity contribution in [2.45, 2.75) is 70.8 Å². The largest absolute Gasteiger partial charge is 0.456 e. The first-order chi connectivity index (χ1) is 14.0. The maximum Gasteiger partial charge on any atom is 0.306 e. The van der Waals surface area contributed by atoms with Gasteiger partial charge in [-0.05, 0) is 57.4 Å². The lowest BCUT2D eigenvalue weighted by Crippen LogP contribution is -2.44. The fourth-order valence-corrected chi connectivity index (χ4v) is 5.59. The summed E-state index contributed by atoms with van der Waals surface area (Å²) in [5.41, 5.74) is 1.04. The van der Waals surface area contributed by atoms with Gasteiger partial charge in [-0.15, -0.1) is 11.3 Å². The highest BCUT2D eigenvalue weighted by molar-refractivity contribution is 7.18. The lowest BCUT2D eigenvalue weighted by molar-refractivity contribution is -0.153. The van der Waals surface area contributed by atoms with Crippen molar-refractivity contribution in [3.63, 3.8) is 0 Å². The highest BCUT2D eigenvalue weighted by Crippen LogP contribution is 2.33. The third-order valence-electron chi connectivity index (χ3n) is 5.92. The minimum Gasteiger partial charge on any atom is -0.456 e. The number of carbonyl (C=O) groups excluding carboxylic acids is 2. The SMILES string of the molecule is C[C@@H]1CCCCN1C(=O)COC(=O)CCc1nc2sc3c(c2c(=O)[nH]1)CCCC3. The Kier molecular flexibility index (Phi) is 5.99. The normalized spacial score (nSPS) is 19.2. The maximum atomic E-state index is 12.5. The number of fused-ring (bicyclic) bond motifs is 3. The second kappa shape index (κ2) is 8.65. The third-order valence-corrected chi connectivity index (χ3v) is 7.11. The second-order valence-corrected chi connectivity index (χ2v) is 9.08. The number of ether oxygens (including phenoxy) is 1. The van der Waals surface area contributed by atoms with Gasteiger partial charge < -0.3 is 14.6 Å². The molecule has 8 heteroatoms. The van der Waals surface area contributed by atoms with Gasteiger partial charge in [0.05, 0.1) is 11.8 Å². The molecule has 1 fully saturated rings. The van der Waals surface area contributed by atoms with Crippen LogP contribution in [0.5, 0.6) is 0 Å². The number of aryl methyl sites for hydroxylation is 3. The van der Waals surface area contributed by atoms with Crippen molar-refractivity contribution in [3.8, 4) is 0 Å². The number of H-pyrrole nitrogens is 1. The molecule has 29 heavy (non-hydrogen) atoms. The van der Waals surface area contributed by atoms with Gasteiger partial charge in [-0.25, -0.2) is 4.98 Å². The standard InChI is InChI=1S/C21H27N3O4S/c1-13-6-4-5-11-24(13)17(25)12-28-18(26)10-9-16-22-20(27)19-14-7-2-3-8-15(14)29-21(19)23-16/h13H,2-12H2,1H3,(H,22,23,27)/t13-/m1/s1. The number of aromatic nitrogens is 2. The van der Waals surface area contributed by atoms with Gasteiger partial charge in [0, 0.05) is 23.9 Å². The van der Waals surface area contributed by atoms with Crippen molar-refractivity contribution in [2.24, 2.45) is 0 Å². The van der Waals surface area contributed by atoms with E-state index in [2.05, 4.69) is 9.97 Å². The Labute approximate surface area is 173 Å². The molecule has 0 bridgehead atoms. The van der Waals surface area contributed by atoms with Crippen LogP contribution in [0.1, 0.15) is 61.7 Å². The van der Waals surface area contributed by atoms with E-state index in [9.17, 15) is 14.4 Å². The molecule has 0 aromatic carbocycles. The van der Waals surface area contributed by atoms with Crippen LogP contribution in [0.15, 0.2) is 4.79 Å². The first kappa shape index (κ1) is 20.1. The lowest BCUT2D eigenvalue weighted by atomic mass is 9.97. The summed E-state index contributed by atoms with van der Waals surface area (Å²) in [4.78, 5) is 48.1. The molecule has 2 aromatic rings. The Morgan fingerprint density at radius 1 is 1.24 bits per heavy atom. The zero-order valence-corrected chi connectivity index (χ0v) is 17.6. The zero-order chi connectivity index (χ0) is 20.4. The number of nitrogens with one attached hydrogen (secondary N) is 1. The van der Waals surface area contributed by atoms with Gasteiger partial charge in [0.15, 0.2) is 6.61 Å². The van der Waals surface area contributed by atoms with Gasteiger partial charge in [-0.2, -0.15) is 0 Å². The summed E-state index contributed by atoms with van der Waals surface area (Å²) in [5.74, 6) is -0.0899. The van der Waals surface area contributed by atoms with E-state index < -0.39 is 5.97 Å². The minimum atomic E-state index is -0.448. The number of hydrogen-bond acceptors (Lipinski definition) is 6. The highest BCUT2D eigenvalue weighted by atomic mass is 32.1. The number of likely N-dealkylation sites (tertiary alicyclic amines) is 1. The number of piperidine rings is 1. The van der Waals surface area contributed by atoms with Gasteiger partial charge >= 0.3 is 5.97 Å². The summed E-state index contributed by atoms with van der Waals surface area (Å²) in [6.07, 6.45) is 7.73. The molecular weight excluding hydrogens is 390 g/mol. The Balaban J connectivity index is 1.34. The summed E-state index contributed by atoms with van der Waals surface area (Å²) in [7, 11) is 0. The molecule has 0 saturated carbocycles. The van der Waals surface area contributed by atoms with Crippen LogP contribution < -0.4 is 5.56 Å². The smallest absolute Gasteiger partial charge is 0.306 e.